The van der Waals surface area contributed by atoms with Crippen LogP contribution in [0.4, 0.5) is 0 Å². The van der Waals surface area contributed by atoms with Crippen molar-refractivity contribution in [3.8, 4) is 0 Å². The summed E-state index contributed by atoms with van der Waals surface area (Å²) in [5.74, 6) is 1.08. The predicted molar refractivity (Wildman–Crippen MR) is 45.4 cm³/mol. The number of rotatable bonds is 2. The summed E-state index contributed by atoms with van der Waals surface area (Å²) in [6.45, 7) is 7.08. The third-order valence-corrected chi connectivity index (χ3v) is 2.41. The number of hydrogen-bond donors (Lipinski definition) is 1. The molecule has 1 heterocycles. The van der Waals surface area contributed by atoms with Gasteiger partial charge in [0, 0.05) is 5.92 Å². The molecule has 2 atom stereocenters. The highest BCUT2D eigenvalue weighted by atomic mass is 16.1. The maximum absolute atomic E-state index is 11.5. The molecule has 1 rings (SSSR count). The second-order valence-electron chi connectivity index (χ2n) is 3.75. The van der Waals surface area contributed by atoms with Gasteiger partial charge in [-0.15, -0.1) is 0 Å². The fourth-order valence-corrected chi connectivity index (χ4v) is 1.57. The largest absolute Gasteiger partial charge is 0.307 e. The van der Waals surface area contributed by atoms with E-state index in [0.717, 1.165) is 13.0 Å². The molecular formula is C9H17NO. The molecule has 0 saturated carbocycles. The Morgan fingerprint density at radius 1 is 1.55 bits per heavy atom. The molecule has 11 heavy (non-hydrogen) atoms. The van der Waals surface area contributed by atoms with E-state index in [1.54, 1.807) is 0 Å². The van der Waals surface area contributed by atoms with Gasteiger partial charge in [0.1, 0.15) is 0 Å². The maximum Gasteiger partial charge on any atom is 0.152 e. The van der Waals surface area contributed by atoms with Gasteiger partial charge in [0.15, 0.2) is 5.78 Å². The van der Waals surface area contributed by atoms with E-state index in [1.165, 1.54) is 0 Å². The molecular weight excluding hydrogens is 138 g/mol. The van der Waals surface area contributed by atoms with Gasteiger partial charge in [-0.05, 0) is 18.9 Å². The number of nitrogens with one attached hydrogen (secondary N) is 1. The molecule has 64 valence electrons. The monoisotopic (exact) mass is 155 g/mol. The van der Waals surface area contributed by atoms with Crippen molar-refractivity contribution in [2.24, 2.45) is 11.8 Å². The summed E-state index contributed by atoms with van der Waals surface area (Å²) in [5, 5.41) is 3.24. The Balaban J connectivity index is 2.53. The Kier molecular flexibility index (Phi) is 2.66. The van der Waals surface area contributed by atoms with Crippen molar-refractivity contribution < 1.29 is 4.79 Å². The van der Waals surface area contributed by atoms with Crippen LogP contribution in [0.15, 0.2) is 0 Å². The van der Waals surface area contributed by atoms with Crippen LogP contribution in [0, 0.1) is 11.8 Å². The lowest BCUT2D eigenvalue weighted by Gasteiger charge is -2.16. The van der Waals surface area contributed by atoms with E-state index in [2.05, 4.69) is 12.2 Å². The van der Waals surface area contributed by atoms with Gasteiger partial charge in [-0.25, -0.2) is 0 Å². The highest BCUT2D eigenvalue weighted by molar-refractivity contribution is 5.86. The molecule has 2 nitrogen and oxygen atoms in total. The predicted octanol–water partition coefficient (Wildman–Crippen LogP) is 1.21. The van der Waals surface area contributed by atoms with Crippen LogP contribution in [0.2, 0.25) is 0 Å². The van der Waals surface area contributed by atoms with E-state index < -0.39 is 0 Å². The minimum atomic E-state index is 0.134. The van der Waals surface area contributed by atoms with Gasteiger partial charge in [-0.3, -0.25) is 4.79 Å². The van der Waals surface area contributed by atoms with Crippen molar-refractivity contribution in [3.05, 3.63) is 0 Å². The first kappa shape index (κ1) is 8.72. The molecule has 0 amide bonds. The summed E-state index contributed by atoms with van der Waals surface area (Å²) in [5.41, 5.74) is 0. The number of hydrogen-bond acceptors (Lipinski definition) is 2. The van der Waals surface area contributed by atoms with E-state index in [9.17, 15) is 4.79 Å². The average Bonchev–Trinajstić information content (AvgIpc) is 2.33. The van der Waals surface area contributed by atoms with Crippen LogP contribution in [0.25, 0.3) is 0 Å². The normalized spacial score (nSPS) is 31.3. The van der Waals surface area contributed by atoms with Gasteiger partial charge < -0.3 is 5.32 Å². The Morgan fingerprint density at radius 2 is 2.18 bits per heavy atom. The highest BCUT2D eigenvalue weighted by Crippen LogP contribution is 2.17. The molecule has 0 spiro atoms. The minimum absolute atomic E-state index is 0.134. The molecule has 0 aromatic heterocycles. The van der Waals surface area contributed by atoms with Gasteiger partial charge in [0.2, 0.25) is 0 Å². The molecule has 1 aliphatic rings. The Hall–Kier alpha value is -0.370. The number of carbonyl (C=O) groups is 1. The van der Waals surface area contributed by atoms with Crippen molar-refractivity contribution in [1.82, 2.24) is 5.32 Å². The summed E-state index contributed by atoms with van der Waals surface area (Å²) in [7, 11) is 0. The molecule has 1 N–H and O–H groups in total. The number of ketones is 1. The number of carbonyl (C=O) groups excluding carboxylic acids is 1. The Labute approximate surface area is 68.4 Å². The molecule has 2 heteroatoms. The second kappa shape index (κ2) is 3.35. The molecule has 0 radical (unpaired) electrons. The van der Waals surface area contributed by atoms with Crippen LogP contribution in [0.3, 0.4) is 0 Å². The summed E-state index contributed by atoms with van der Waals surface area (Å²) in [6.07, 6.45) is 1.14. The van der Waals surface area contributed by atoms with Crippen molar-refractivity contribution in [1.29, 1.82) is 0 Å². The standard InChI is InChI=1S/C9H17NO/c1-6(2)9(11)8-7(3)4-5-10-8/h6-8,10H,4-5H2,1-3H3/t7-,8-/m0/s1. The average molecular weight is 155 g/mol. The highest BCUT2D eigenvalue weighted by Gasteiger charge is 2.30. The summed E-state index contributed by atoms with van der Waals surface area (Å²) in [4.78, 5) is 11.5. The lowest BCUT2D eigenvalue weighted by Crippen LogP contribution is -2.37. The third kappa shape index (κ3) is 1.80. The zero-order valence-corrected chi connectivity index (χ0v) is 7.55. The molecule has 0 bridgehead atoms. The summed E-state index contributed by atoms with van der Waals surface area (Å²) in [6, 6.07) is 0.134. The smallest absolute Gasteiger partial charge is 0.152 e. The van der Waals surface area contributed by atoms with E-state index >= 15 is 0 Å². The first-order chi connectivity index (χ1) is 5.13. The molecule has 1 aliphatic heterocycles. The van der Waals surface area contributed by atoms with Gasteiger partial charge in [0.25, 0.3) is 0 Å². The van der Waals surface area contributed by atoms with E-state index in [-0.39, 0.29) is 12.0 Å². The minimum Gasteiger partial charge on any atom is -0.307 e. The molecule has 1 fully saturated rings. The first-order valence-electron chi connectivity index (χ1n) is 4.40. The zero-order valence-electron chi connectivity index (χ0n) is 7.55. The van der Waals surface area contributed by atoms with Gasteiger partial charge >= 0.3 is 0 Å². The molecule has 1 saturated heterocycles. The maximum atomic E-state index is 11.5. The van der Waals surface area contributed by atoms with Crippen LogP contribution in [-0.4, -0.2) is 18.4 Å². The zero-order chi connectivity index (χ0) is 8.43. The number of Topliss-reactive ketones (excluding diaryl/α,β-unsaturated/α-hetero) is 1. The van der Waals surface area contributed by atoms with Gasteiger partial charge in [0.05, 0.1) is 6.04 Å². The van der Waals surface area contributed by atoms with Crippen LogP contribution in [0.5, 0.6) is 0 Å². The fourth-order valence-electron chi connectivity index (χ4n) is 1.57. The SMILES string of the molecule is CC(C)C(=O)[C@H]1NCC[C@@H]1C. The topological polar surface area (TPSA) is 29.1 Å². The van der Waals surface area contributed by atoms with Gasteiger partial charge in [-0.1, -0.05) is 20.8 Å². The van der Waals surface area contributed by atoms with E-state index in [1.807, 2.05) is 13.8 Å². The van der Waals surface area contributed by atoms with Crippen LogP contribution < -0.4 is 5.32 Å². The van der Waals surface area contributed by atoms with Crippen molar-refractivity contribution >= 4 is 5.78 Å². The van der Waals surface area contributed by atoms with E-state index in [4.69, 9.17) is 0 Å². The first-order valence-corrected chi connectivity index (χ1v) is 4.40. The Morgan fingerprint density at radius 3 is 2.55 bits per heavy atom. The van der Waals surface area contributed by atoms with E-state index in [0.29, 0.717) is 11.7 Å². The van der Waals surface area contributed by atoms with Gasteiger partial charge in [-0.2, -0.15) is 0 Å². The van der Waals surface area contributed by atoms with Crippen LogP contribution >= 0.6 is 0 Å². The lowest BCUT2D eigenvalue weighted by atomic mass is 9.93. The fraction of sp³-hybridized carbons (Fsp3) is 0.889. The molecule has 0 aromatic carbocycles. The lowest BCUT2D eigenvalue weighted by molar-refractivity contribution is -0.124. The third-order valence-electron chi connectivity index (χ3n) is 2.41. The summed E-state index contributed by atoms with van der Waals surface area (Å²) >= 11 is 0. The summed E-state index contributed by atoms with van der Waals surface area (Å²) < 4.78 is 0. The van der Waals surface area contributed by atoms with Crippen molar-refractivity contribution in [2.75, 3.05) is 6.54 Å². The van der Waals surface area contributed by atoms with Crippen LogP contribution in [-0.2, 0) is 4.79 Å². The molecule has 0 aromatic rings. The van der Waals surface area contributed by atoms with Crippen molar-refractivity contribution in [2.45, 2.75) is 33.2 Å². The molecule has 0 aliphatic carbocycles. The van der Waals surface area contributed by atoms with Crippen LogP contribution in [0.1, 0.15) is 27.2 Å². The quantitative estimate of drug-likeness (QED) is 0.649. The Bertz CT molecular complexity index is 154. The second-order valence-corrected chi connectivity index (χ2v) is 3.75. The van der Waals surface area contributed by atoms with Crippen molar-refractivity contribution in [3.63, 3.8) is 0 Å². The molecule has 0 unspecified atom stereocenters.